The molecule has 1 aliphatic carbocycles. The molecule has 0 bridgehead atoms. The molecule has 1 amide bonds. The van der Waals surface area contributed by atoms with Gasteiger partial charge < -0.3 is 10.1 Å². The minimum Gasteiger partial charge on any atom is -0.376 e. The van der Waals surface area contributed by atoms with E-state index in [0.717, 1.165) is 30.2 Å². The van der Waals surface area contributed by atoms with Gasteiger partial charge in [0.25, 0.3) is 12.3 Å². The van der Waals surface area contributed by atoms with E-state index in [-0.39, 0.29) is 34.8 Å². The SMILES string of the molecule is O=C(NC[C@@H]1CCCO1)c1cnn2c(C(F)F)cc(C3CC3)nc12. The van der Waals surface area contributed by atoms with E-state index < -0.39 is 6.43 Å². The largest absolute Gasteiger partial charge is 0.376 e. The lowest BCUT2D eigenvalue weighted by Crippen LogP contribution is -2.31. The molecule has 0 spiro atoms. The fourth-order valence-corrected chi connectivity index (χ4v) is 3.02. The van der Waals surface area contributed by atoms with Crippen LogP contribution in [0.25, 0.3) is 5.65 Å². The maximum atomic E-state index is 13.3. The Morgan fingerprint density at radius 3 is 2.92 bits per heavy atom. The van der Waals surface area contributed by atoms with Crippen LogP contribution in [-0.2, 0) is 4.74 Å². The maximum absolute atomic E-state index is 13.3. The Bertz CT molecular complexity index is 767. The van der Waals surface area contributed by atoms with Crippen molar-refractivity contribution in [3.63, 3.8) is 0 Å². The molecule has 2 aromatic rings. The van der Waals surface area contributed by atoms with Gasteiger partial charge in [0.05, 0.1) is 12.3 Å². The van der Waals surface area contributed by atoms with Crippen LogP contribution in [0.1, 0.15) is 59.8 Å². The van der Waals surface area contributed by atoms with Gasteiger partial charge in [0.1, 0.15) is 11.3 Å². The zero-order chi connectivity index (χ0) is 16.7. The molecule has 1 saturated carbocycles. The van der Waals surface area contributed by atoms with E-state index in [1.807, 2.05) is 0 Å². The molecule has 8 heteroatoms. The van der Waals surface area contributed by atoms with E-state index >= 15 is 0 Å². The quantitative estimate of drug-likeness (QED) is 0.911. The van der Waals surface area contributed by atoms with Gasteiger partial charge in [0.2, 0.25) is 0 Å². The lowest BCUT2D eigenvalue weighted by atomic mass is 10.2. The molecule has 1 atom stereocenters. The highest BCUT2D eigenvalue weighted by molar-refractivity contribution is 5.99. The third-order valence-corrected chi connectivity index (χ3v) is 4.50. The Balaban J connectivity index is 1.63. The van der Waals surface area contributed by atoms with E-state index in [1.165, 1.54) is 12.3 Å². The standard InChI is InChI=1S/C16H18F2N4O2/c17-14(18)13-6-12(9-3-4-9)21-15-11(8-20-22(13)15)16(23)19-7-10-2-1-5-24-10/h6,8-10,14H,1-5,7H2,(H,19,23)/t10-/m0/s1. The Labute approximate surface area is 137 Å². The Morgan fingerprint density at radius 1 is 1.42 bits per heavy atom. The molecule has 2 aliphatic rings. The average molecular weight is 336 g/mol. The van der Waals surface area contributed by atoms with Crippen molar-refractivity contribution in [2.24, 2.45) is 0 Å². The predicted molar refractivity (Wildman–Crippen MR) is 81.2 cm³/mol. The monoisotopic (exact) mass is 336 g/mol. The van der Waals surface area contributed by atoms with Crippen molar-refractivity contribution in [3.8, 4) is 0 Å². The molecule has 1 saturated heterocycles. The minimum atomic E-state index is -2.67. The summed E-state index contributed by atoms with van der Waals surface area (Å²) in [5.41, 5.74) is 0.809. The summed E-state index contributed by atoms with van der Waals surface area (Å²) in [6.07, 6.45) is 2.44. The first-order valence-electron chi connectivity index (χ1n) is 8.20. The summed E-state index contributed by atoms with van der Waals surface area (Å²) in [5, 5.41) is 6.73. The normalized spacial score (nSPS) is 20.9. The van der Waals surface area contributed by atoms with E-state index in [2.05, 4.69) is 15.4 Å². The zero-order valence-electron chi connectivity index (χ0n) is 13.0. The Kier molecular flexibility index (Phi) is 3.91. The number of alkyl halides is 2. The number of halogens is 2. The number of amides is 1. The molecule has 2 aromatic heterocycles. The van der Waals surface area contributed by atoms with Gasteiger partial charge in [0.15, 0.2) is 5.65 Å². The molecule has 4 rings (SSSR count). The fraction of sp³-hybridized carbons (Fsp3) is 0.562. The van der Waals surface area contributed by atoms with Gasteiger partial charge in [-0.1, -0.05) is 0 Å². The molecule has 3 heterocycles. The van der Waals surface area contributed by atoms with Crippen LogP contribution in [0.5, 0.6) is 0 Å². The maximum Gasteiger partial charge on any atom is 0.280 e. The fourth-order valence-electron chi connectivity index (χ4n) is 3.02. The number of fused-ring (bicyclic) bond motifs is 1. The lowest BCUT2D eigenvalue weighted by molar-refractivity contribution is 0.0859. The molecule has 24 heavy (non-hydrogen) atoms. The molecular formula is C16H18F2N4O2. The second-order valence-electron chi connectivity index (χ2n) is 6.32. The number of rotatable bonds is 5. The van der Waals surface area contributed by atoms with Crippen LogP contribution in [-0.4, -0.2) is 39.8 Å². The number of carbonyl (C=O) groups excluding carboxylic acids is 1. The summed E-state index contributed by atoms with van der Waals surface area (Å²) in [6.45, 7) is 1.11. The summed E-state index contributed by atoms with van der Waals surface area (Å²) in [6, 6.07) is 1.40. The topological polar surface area (TPSA) is 68.5 Å². The number of ether oxygens (including phenoxy) is 1. The average Bonchev–Trinajstić information content (AvgIpc) is 3.12. The van der Waals surface area contributed by atoms with E-state index in [0.29, 0.717) is 18.8 Å². The number of nitrogens with one attached hydrogen (secondary N) is 1. The Hall–Kier alpha value is -2.09. The number of hydrogen-bond acceptors (Lipinski definition) is 4. The van der Waals surface area contributed by atoms with Crippen LogP contribution in [0.15, 0.2) is 12.3 Å². The molecule has 6 nitrogen and oxygen atoms in total. The third kappa shape index (κ3) is 2.86. The first kappa shape index (κ1) is 15.4. The van der Waals surface area contributed by atoms with Gasteiger partial charge in [0, 0.05) is 24.8 Å². The van der Waals surface area contributed by atoms with E-state index in [4.69, 9.17) is 4.74 Å². The van der Waals surface area contributed by atoms with Gasteiger partial charge in [-0.25, -0.2) is 18.3 Å². The van der Waals surface area contributed by atoms with Gasteiger partial charge in [-0.05, 0) is 31.7 Å². The van der Waals surface area contributed by atoms with Crippen LogP contribution >= 0.6 is 0 Å². The Morgan fingerprint density at radius 2 is 2.25 bits per heavy atom. The zero-order valence-corrected chi connectivity index (χ0v) is 13.0. The molecule has 128 valence electrons. The van der Waals surface area contributed by atoms with Crippen LogP contribution in [0.2, 0.25) is 0 Å². The third-order valence-electron chi connectivity index (χ3n) is 4.50. The summed E-state index contributed by atoms with van der Waals surface area (Å²) < 4.78 is 33.2. The van der Waals surface area contributed by atoms with Gasteiger partial charge in [-0.2, -0.15) is 5.10 Å². The predicted octanol–water partition coefficient (Wildman–Crippen LogP) is 2.45. The van der Waals surface area contributed by atoms with Gasteiger partial charge >= 0.3 is 0 Å². The number of carbonyl (C=O) groups is 1. The molecule has 2 fully saturated rings. The highest BCUT2D eigenvalue weighted by Gasteiger charge is 2.29. The summed E-state index contributed by atoms with van der Waals surface area (Å²) in [7, 11) is 0. The highest BCUT2D eigenvalue weighted by atomic mass is 19.3. The van der Waals surface area contributed by atoms with Crippen LogP contribution in [0, 0.1) is 0 Å². The minimum absolute atomic E-state index is 0.0161. The lowest BCUT2D eigenvalue weighted by Gasteiger charge is -2.10. The summed E-state index contributed by atoms with van der Waals surface area (Å²) in [5.74, 6) is -0.147. The second-order valence-corrected chi connectivity index (χ2v) is 6.32. The van der Waals surface area contributed by atoms with Gasteiger partial charge in [-0.15, -0.1) is 0 Å². The van der Waals surface area contributed by atoms with Crippen LogP contribution in [0.4, 0.5) is 8.78 Å². The number of aromatic nitrogens is 3. The smallest absolute Gasteiger partial charge is 0.280 e. The van der Waals surface area contributed by atoms with Crippen molar-refractivity contribution in [2.75, 3.05) is 13.2 Å². The second kappa shape index (κ2) is 6.08. The first-order valence-corrected chi connectivity index (χ1v) is 8.20. The van der Waals surface area contributed by atoms with Crippen molar-refractivity contribution >= 4 is 11.6 Å². The number of hydrogen-bond donors (Lipinski definition) is 1. The number of nitrogens with zero attached hydrogens (tertiary/aromatic N) is 3. The van der Waals surface area contributed by atoms with Gasteiger partial charge in [-0.3, -0.25) is 4.79 Å². The molecule has 1 aliphatic heterocycles. The molecule has 0 aromatic carbocycles. The summed E-state index contributed by atoms with van der Waals surface area (Å²) in [4.78, 5) is 16.8. The molecule has 1 N–H and O–H groups in total. The van der Waals surface area contributed by atoms with Crippen LogP contribution < -0.4 is 5.32 Å². The van der Waals surface area contributed by atoms with Crippen molar-refractivity contribution in [2.45, 2.75) is 44.1 Å². The first-order chi connectivity index (χ1) is 11.6. The van der Waals surface area contributed by atoms with E-state index in [9.17, 15) is 13.6 Å². The van der Waals surface area contributed by atoms with Crippen molar-refractivity contribution < 1.29 is 18.3 Å². The van der Waals surface area contributed by atoms with Crippen molar-refractivity contribution in [1.82, 2.24) is 19.9 Å². The van der Waals surface area contributed by atoms with Crippen molar-refractivity contribution in [1.29, 1.82) is 0 Å². The highest BCUT2D eigenvalue weighted by Crippen LogP contribution is 2.40. The molecular weight excluding hydrogens is 318 g/mol. The summed E-state index contributed by atoms with van der Waals surface area (Å²) >= 11 is 0. The molecule has 0 radical (unpaired) electrons. The molecule has 0 unspecified atom stereocenters. The van der Waals surface area contributed by atoms with E-state index in [1.54, 1.807) is 0 Å². The van der Waals surface area contributed by atoms with Crippen LogP contribution in [0.3, 0.4) is 0 Å². The van der Waals surface area contributed by atoms with Crippen molar-refractivity contribution in [3.05, 3.63) is 29.2 Å².